The Hall–Kier alpha value is -2.63. The van der Waals surface area contributed by atoms with Crippen molar-refractivity contribution in [3.8, 4) is 0 Å². The molecule has 25 heavy (non-hydrogen) atoms. The van der Waals surface area contributed by atoms with E-state index in [-0.39, 0.29) is 17.7 Å². The second-order valence-electron chi connectivity index (χ2n) is 6.60. The number of nitrogens with zero attached hydrogens (tertiary/aromatic N) is 2. The highest BCUT2D eigenvalue weighted by Crippen LogP contribution is 2.28. The van der Waals surface area contributed by atoms with Crippen molar-refractivity contribution in [1.82, 2.24) is 15.1 Å². The Labute approximate surface area is 147 Å². The first-order chi connectivity index (χ1) is 12.1. The van der Waals surface area contributed by atoms with Crippen LogP contribution in [0.2, 0.25) is 0 Å². The SMILES string of the molecule is CC(=O)N[C@H](C(=O)Nc1ccn(Cc2ccccc2)n1)C1CCCC1. The van der Waals surface area contributed by atoms with Gasteiger partial charge < -0.3 is 10.6 Å². The highest BCUT2D eigenvalue weighted by Gasteiger charge is 2.31. The number of benzene rings is 1. The summed E-state index contributed by atoms with van der Waals surface area (Å²) in [4.78, 5) is 24.1. The molecule has 2 amide bonds. The van der Waals surface area contributed by atoms with Gasteiger partial charge in [-0.1, -0.05) is 43.2 Å². The number of carbonyl (C=O) groups excluding carboxylic acids is 2. The Morgan fingerprint density at radius 3 is 2.60 bits per heavy atom. The summed E-state index contributed by atoms with van der Waals surface area (Å²) >= 11 is 0. The predicted octanol–water partition coefficient (Wildman–Crippen LogP) is 2.56. The van der Waals surface area contributed by atoms with E-state index in [0.29, 0.717) is 12.4 Å². The molecule has 1 aromatic carbocycles. The molecule has 132 valence electrons. The molecule has 0 unspecified atom stereocenters. The maximum Gasteiger partial charge on any atom is 0.248 e. The van der Waals surface area contributed by atoms with Crippen LogP contribution in [-0.4, -0.2) is 27.6 Å². The van der Waals surface area contributed by atoms with Crippen LogP contribution in [0.25, 0.3) is 0 Å². The van der Waals surface area contributed by atoms with Crippen molar-refractivity contribution in [1.29, 1.82) is 0 Å². The van der Waals surface area contributed by atoms with E-state index in [1.54, 1.807) is 10.7 Å². The largest absolute Gasteiger partial charge is 0.344 e. The number of anilines is 1. The molecule has 0 radical (unpaired) electrons. The first-order valence-corrected chi connectivity index (χ1v) is 8.77. The molecule has 1 saturated carbocycles. The van der Waals surface area contributed by atoms with Gasteiger partial charge in [-0.3, -0.25) is 14.3 Å². The van der Waals surface area contributed by atoms with E-state index in [4.69, 9.17) is 0 Å². The zero-order valence-corrected chi connectivity index (χ0v) is 14.4. The van der Waals surface area contributed by atoms with E-state index in [1.807, 2.05) is 36.5 Å². The smallest absolute Gasteiger partial charge is 0.248 e. The standard InChI is InChI=1S/C19H24N4O2/c1-14(24)20-18(16-9-5-6-10-16)19(25)21-17-11-12-23(22-17)13-15-7-3-2-4-8-15/h2-4,7-8,11-12,16,18H,5-6,9-10,13H2,1H3,(H,20,24)(H,21,22,25)/t18-/m0/s1. The molecule has 3 rings (SSSR count). The minimum Gasteiger partial charge on any atom is -0.344 e. The maximum absolute atomic E-state index is 12.6. The number of aromatic nitrogens is 2. The normalized spacial score (nSPS) is 15.7. The van der Waals surface area contributed by atoms with Gasteiger partial charge in [0, 0.05) is 19.2 Å². The van der Waals surface area contributed by atoms with E-state index in [9.17, 15) is 9.59 Å². The van der Waals surface area contributed by atoms with Crippen molar-refractivity contribution in [2.75, 3.05) is 5.32 Å². The molecule has 2 N–H and O–H groups in total. The average Bonchev–Trinajstić information content (AvgIpc) is 3.25. The summed E-state index contributed by atoms with van der Waals surface area (Å²) in [5.41, 5.74) is 1.14. The average molecular weight is 340 g/mol. The van der Waals surface area contributed by atoms with Gasteiger partial charge in [-0.2, -0.15) is 5.10 Å². The van der Waals surface area contributed by atoms with E-state index in [1.165, 1.54) is 6.92 Å². The van der Waals surface area contributed by atoms with Gasteiger partial charge >= 0.3 is 0 Å². The topological polar surface area (TPSA) is 76.0 Å². The number of hydrogen-bond donors (Lipinski definition) is 2. The fourth-order valence-corrected chi connectivity index (χ4v) is 3.40. The van der Waals surface area contributed by atoms with Crippen molar-refractivity contribution in [2.24, 2.45) is 5.92 Å². The molecule has 0 aliphatic heterocycles. The van der Waals surface area contributed by atoms with Crippen molar-refractivity contribution in [2.45, 2.75) is 45.2 Å². The van der Waals surface area contributed by atoms with E-state index >= 15 is 0 Å². The third-order valence-electron chi connectivity index (χ3n) is 4.59. The first kappa shape index (κ1) is 17.2. The molecule has 1 heterocycles. The van der Waals surface area contributed by atoms with Crippen molar-refractivity contribution >= 4 is 17.6 Å². The van der Waals surface area contributed by atoms with Crippen LogP contribution in [-0.2, 0) is 16.1 Å². The Morgan fingerprint density at radius 1 is 1.20 bits per heavy atom. The quantitative estimate of drug-likeness (QED) is 0.848. The molecule has 1 aromatic heterocycles. The summed E-state index contributed by atoms with van der Waals surface area (Å²) in [5.74, 6) is 0.346. The maximum atomic E-state index is 12.6. The molecule has 1 atom stereocenters. The van der Waals surface area contributed by atoms with Crippen molar-refractivity contribution in [3.63, 3.8) is 0 Å². The first-order valence-electron chi connectivity index (χ1n) is 8.77. The Bertz CT molecular complexity index is 720. The summed E-state index contributed by atoms with van der Waals surface area (Å²) in [6.07, 6.45) is 6.01. The number of carbonyl (C=O) groups is 2. The lowest BCUT2D eigenvalue weighted by Crippen LogP contribution is -2.47. The zero-order valence-electron chi connectivity index (χ0n) is 14.4. The molecule has 6 heteroatoms. The van der Waals surface area contributed by atoms with Gasteiger partial charge in [-0.15, -0.1) is 0 Å². The third-order valence-corrected chi connectivity index (χ3v) is 4.59. The number of hydrogen-bond acceptors (Lipinski definition) is 3. The van der Waals surface area contributed by atoms with Gasteiger partial charge in [0.2, 0.25) is 11.8 Å². The third kappa shape index (κ3) is 4.68. The molecular weight excluding hydrogens is 316 g/mol. The minimum atomic E-state index is -0.487. The molecule has 6 nitrogen and oxygen atoms in total. The second-order valence-corrected chi connectivity index (χ2v) is 6.60. The van der Waals surface area contributed by atoms with Crippen LogP contribution in [0.1, 0.15) is 38.2 Å². The summed E-state index contributed by atoms with van der Waals surface area (Å²) < 4.78 is 1.79. The molecule has 1 aliphatic carbocycles. The predicted molar refractivity (Wildman–Crippen MR) is 96.0 cm³/mol. The van der Waals surface area contributed by atoms with E-state index < -0.39 is 6.04 Å². The monoisotopic (exact) mass is 340 g/mol. The second kappa shape index (κ2) is 7.96. The molecule has 2 aromatic rings. The summed E-state index contributed by atoms with van der Waals surface area (Å²) in [6.45, 7) is 2.10. The molecular formula is C19H24N4O2. The molecule has 1 fully saturated rings. The van der Waals surface area contributed by atoms with Crippen LogP contribution in [0, 0.1) is 5.92 Å². The fourth-order valence-electron chi connectivity index (χ4n) is 3.40. The van der Waals surface area contributed by atoms with Gasteiger partial charge in [-0.05, 0) is 24.3 Å². The van der Waals surface area contributed by atoms with Crippen LogP contribution in [0.5, 0.6) is 0 Å². The number of nitrogens with one attached hydrogen (secondary N) is 2. The summed E-state index contributed by atoms with van der Waals surface area (Å²) in [5, 5.41) is 10.1. The summed E-state index contributed by atoms with van der Waals surface area (Å²) in [7, 11) is 0. The molecule has 0 saturated heterocycles. The van der Waals surface area contributed by atoms with Crippen LogP contribution < -0.4 is 10.6 Å². The fraction of sp³-hybridized carbons (Fsp3) is 0.421. The lowest BCUT2D eigenvalue weighted by Gasteiger charge is -2.22. The highest BCUT2D eigenvalue weighted by molar-refractivity contribution is 5.96. The van der Waals surface area contributed by atoms with Crippen LogP contribution in [0.4, 0.5) is 5.82 Å². The lowest BCUT2D eigenvalue weighted by atomic mass is 9.97. The van der Waals surface area contributed by atoms with Crippen LogP contribution in [0.3, 0.4) is 0 Å². The Balaban J connectivity index is 1.64. The number of amides is 2. The minimum absolute atomic E-state index is 0.179. The lowest BCUT2D eigenvalue weighted by molar-refractivity contribution is -0.126. The zero-order chi connectivity index (χ0) is 17.6. The van der Waals surface area contributed by atoms with Gasteiger partial charge in [0.05, 0.1) is 6.54 Å². The van der Waals surface area contributed by atoms with E-state index in [2.05, 4.69) is 15.7 Å². The highest BCUT2D eigenvalue weighted by atomic mass is 16.2. The van der Waals surface area contributed by atoms with Gasteiger partial charge in [0.15, 0.2) is 5.82 Å². The Kier molecular flexibility index (Phi) is 5.48. The molecule has 0 bridgehead atoms. The van der Waals surface area contributed by atoms with Gasteiger partial charge in [0.1, 0.15) is 6.04 Å². The molecule has 0 spiro atoms. The van der Waals surface area contributed by atoms with Crippen molar-refractivity contribution < 1.29 is 9.59 Å². The van der Waals surface area contributed by atoms with Crippen molar-refractivity contribution in [3.05, 3.63) is 48.2 Å². The number of rotatable bonds is 6. The molecule has 1 aliphatic rings. The van der Waals surface area contributed by atoms with Gasteiger partial charge in [0.25, 0.3) is 0 Å². The summed E-state index contributed by atoms with van der Waals surface area (Å²) in [6, 6.07) is 11.3. The van der Waals surface area contributed by atoms with Crippen LogP contribution >= 0.6 is 0 Å². The van der Waals surface area contributed by atoms with Gasteiger partial charge in [-0.25, -0.2) is 0 Å². The van der Waals surface area contributed by atoms with E-state index in [0.717, 1.165) is 31.2 Å². The Morgan fingerprint density at radius 2 is 1.92 bits per heavy atom. The van der Waals surface area contributed by atoms with Crippen LogP contribution in [0.15, 0.2) is 42.6 Å².